The second-order valence-electron chi connectivity index (χ2n) is 9.59. The summed E-state index contributed by atoms with van der Waals surface area (Å²) in [4.78, 5) is 11.3. The first-order valence-corrected chi connectivity index (χ1v) is 12.1. The van der Waals surface area contributed by atoms with E-state index in [0.717, 1.165) is 41.6 Å². The van der Waals surface area contributed by atoms with E-state index in [9.17, 15) is 8.78 Å². The van der Waals surface area contributed by atoms with E-state index in [1.807, 2.05) is 28.8 Å². The number of rotatable bonds is 3. The first-order valence-electron chi connectivity index (χ1n) is 12.1. The molecule has 5 aromatic rings. The Morgan fingerprint density at radius 3 is 2.42 bits per heavy atom. The largest absolute Gasteiger partial charge is 0.372 e. The van der Waals surface area contributed by atoms with Crippen molar-refractivity contribution in [3.63, 3.8) is 0 Å². The first-order chi connectivity index (χ1) is 17.4. The Bertz CT molecular complexity index is 1590. The zero-order valence-electron chi connectivity index (χ0n) is 20.4. The number of ether oxygens (including phenoxy) is 1. The molecule has 2 aromatic carbocycles. The Balaban J connectivity index is 1.36. The molecule has 3 aromatic heterocycles. The lowest BCUT2D eigenvalue weighted by molar-refractivity contribution is -0.00521. The minimum absolute atomic E-state index is 0.155. The van der Waals surface area contributed by atoms with Crippen molar-refractivity contribution in [2.45, 2.75) is 33.0 Å². The number of anilines is 1. The van der Waals surface area contributed by atoms with E-state index < -0.39 is 11.6 Å². The number of fused-ring (bicyclic) bond motifs is 2. The summed E-state index contributed by atoms with van der Waals surface area (Å²) < 4.78 is 36.3. The van der Waals surface area contributed by atoms with Gasteiger partial charge >= 0.3 is 0 Å². The average Bonchev–Trinajstić information content (AvgIpc) is 3.27. The molecule has 0 aliphatic carbocycles. The Hall–Kier alpha value is -3.84. The molecule has 182 valence electrons. The molecule has 0 spiro atoms. The quantitative estimate of drug-likeness (QED) is 0.297. The first kappa shape index (κ1) is 22.6. The average molecular weight is 485 g/mol. The number of hydrogen-bond donors (Lipinski definition) is 0. The summed E-state index contributed by atoms with van der Waals surface area (Å²) in [6.07, 6.45) is 4.10. The molecule has 2 atom stereocenters. The van der Waals surface area contributed by atoms with Crippen LogP contribution in [0.3, 0.4) is 0 Å². The number of halogens is 2. The van der Waals surface area contributed by atoms with Crippen LogP contribution in [0.4, 0.5) is 14.5 Å². The number of morpholine rings is 1. The van der Waals surface area contributed by atoms with Gasteiger partial charge < -0.3 is 9.64 Å². The predicted molar refractivity (Wildman–Crippen MR) is 138 cm³/mol. The summed E-state index contributed by atoms with van der Waals surface area (Å²) >= 11 is 0. The number of hydrogen-bond acceptors (Lipinski definition) is 4. The molecular formula is C29H26F2N4O. The van der Waals surface area contributed by atoms with Crippen molar-refractivity contribution in [1.29, 1.82) is 0 Å². The Kier molecular flexibility index (Phi) is 5.45. The van der Waals surface area contributed by atoms with Crippen LogP contribution in [0.5, 0.6) is 0 Å². The van der Waals surface area contributed by atoms with Crippen molar-refractivity contribution < 1.29 is 13.5 Å². The van der Waals surface area contributed by atoms with E-state index in [1.165, 1.54) is 11.8 Å². The fourth-order valence-electron chi connectivity index (χ4n) is 5.20. The highest BCUT2D eigenvalue weighted by Gasteiger charge is 2.22. The van der Waals surface area contributed by atoms with Gasteiger partial charge in [-0.1, -0.05) is 12.1 Å². The van der Waals surface area contributed by atoms with E-state index in [1.54, 1.807) is 13.1 Å². The van der Waals surface area contributed by atoms with Crippen LogP contribution in [0.1, 0.15) is 19.5 Å². The third-order valence-corrected chi connectivity index (χ3v) is 6.73. The molecule has 0 bridgehead atoms. The molecule has 0 N–H and O–H groups in total. The van der Waals surface area contributed by atoms with E-state index in [0.29, 0.717) is 16.6 Å². The molecule has 6 rings (SSSR count). The van der Waals surface area contributed by atoms with Crippen molar-refractivity contribution >= 4 is 22.2 Å². The SMILES string of the molecule is Cc1cc(-c2cnc3cc(-c4ccc(N5C[C@@H](C)O[C@@H](C)C5)cc4)ccn23)c2cc(F)cc(F)c2n1. The molecule has 36 heavy (non-hydrogen) atoms. The third-order valence-electron chi connectivity index (χ3n) is 6.73. The second kappa shape index (κ2) is 8.68. The molecule has 0 saturated carbocycles. The minimum Gasteiger partial charge on any atom is -0.372 e. The minimum atomic E-state index is -0.671. The Labute approximate surface area is 208 Å². The van der Waals surface area contributed by atoms with E-state index in [4.69, 9.17) is 4.74 Å². The maximum absolute atomic E-state index is 14.5. The molecule has 0 radical (unpaired) electrons. The highest BCUT2D eigenvalue weighted by atomic mass is 19.1. The van der Waals surface area contributed by atoms with Gasteiger partial charge in [-0.2, -0.15) is 0 Å². The van der Waals surface area contributed by atoms with Crippen LogP contribution in [-0.4, -0.2) is 39.7 Å². The second-order valence-corrected chi connectivity index (χ2v) is 9.59. The summed E-state index contributed by atoms with van der Waals surface area (Å²) in [6, 6.07) is 16.6. The van der Waals surface area contributed by atoms with Crippen LogP contribution in [0.2, 0.25) is 0 Å². The molecule has 0 amide bonds. The van der Waals surface area contributed by atoms with Gasteiger partial charge in [0.25, 0.3) is 0 Å². The molecule has 4 heterocycles. The zero-order chi connectivity index (χ0) is 25.0. The van der Waals surface area contributed by atoms with Crippen molar-refractivity contribution in [2.24, 2.45) is 0 Å². The van der Waals surface area contributed by atoms with Crippen molar-refractivity contribution in [3.8, 4) is 22.4 Å². The van der Waals surface area contributed by atoms with Gasteiger partial charge in [0.1, 0.15) is 17.0 Å². The van der Waals surface area contributed by atoms with Crippen molar-refractivity contribution in [1.82, 2.24) is 14.4 Å². The van der Waals surface area contributed by atoms with Crippen LogP contribution in [0.25, 0.3) is 38.9 Å². The maximum atomic E-state index is 14.5. The lowest BCUT2D eigenvalue weighted by Crippen LogP contribution is -2.45. The predicted octanol–water partition coefficient (Wildman–Crippen LogP) is 6.42. The molecule has 1 fully saturated rings. The molecule has 1 aliphatic rings. The van der Waals surface area contributed by atoms with Gasteiger partial charge in [0.05, 0.1) is 24.1 Å². The van der Waals surface area contributed by atoms with Gasteiger partial charge in [-0.3, -0.25) is 4.40 Å². The lowest BCUT2D eigenvalue weighted by atomic mass is 10.0. The fraction of sp³-hybridized carbons (Fsp3) is 0.241. The molecule has 5 nitrogen and oxygen atoms in total. The van der Waals surface area contributed by atoms with Crippen LogP contribution < -0.4 is 4.90 Å². The highest BCUT2D eigenvalue weighted by molar-refractivity contribution is 5.94. The van der Waals surface area contributed by atoms with Crippen LogP contribution in [0, 0.1) is 18.6 Å². The summed E-state index contributed by atoms with van der Waals surface area (Å²) in [5.74, 6) is -1.30. The normalized spacial score (nSPS) is 18.3. The number of imidazole rings is 1. The Morgan fingerprint density at radius 1 is 0.917 bits per heavy atom. The summed E-state index contributed by atoms with van der Waals surface area (Å²) in [5.41, 5.74) is 6.32. The van der Waals surface area contributed by atoms with E-state index >= 15 is 0 Å². The highest BCUT2D eigenvalue weighted by Crippen LogP contribution is 2.32. The van der Waals surface area contributed by atoms with E-state index in [2.05, 4.69) is 53.0 Å². The monoisotopic (exact) mass is 484 g/mol. The van der Waals surface area contributed by atoms with E-state index in [-0.39, 0.29) is 17.7 Å². The molecule has 1 saturated heterocycles. The number of benzene rings is 2. The van der Waals surface area contributed by atoms with Gasteiger partial charge in [0.15, 0.2) is 5.82 Å². The maximum Gasteiger partial charge on any atom is 0.152 e. The van der Waals surface area contributed by atoms with Crippen LogP contribution >= 0.6 is 0 Å². The van der Waals surface area contributed by atoms with Gasteiger partial charge in [-0.25, -0.2) is 18.7 Å². The van der Waals surface area contributed by atoms with Gasteiger partial charge in [-0.05, 0) is 68.3 Å². The fourth-order valence-corrected chi connectivity index (χ4v) is 5.20. The number of aryl methyl sites for hydroxylation is 1. The lowest BCUT2D eigenvalue weighted by Gasteiger charge is -2.36. The number of pyridine rings is 2. The standard InChI is InChI=1S/C29H26F2N4O/c1-17-10-24(25-12-22(30)13-26(31)29(25)33-17)27-14-32-28-11-21(8-9-35(27)28)20-4-6-23(7-5-20)34-15-18(2)36-19(3)16-34/h4-14,18-19H,15-16H2,1-3H3/t18-,19+. The molecule has 1 aliphatic heterocycles. The number of nitrogens with zero attached hydrogens (tertiary/aromatic N) is 4. The zero-order valence-corrected chi connectivity index (χ0v) is 20.4. The summed E-state index contributed by atoms with van der Waals surface area (Å²) in [6.45, 7) is 7.77. The topological polar surface area (TPSA) is 42.7 Å². The third kappa shape index (κ3) is 3.99. The van der Waals surface area contributed by atoms with Crippen molar-refractivity contribution in [2.75, 3.05) is 18.0 Å². The summed E-state index contributed by atoms with van der Waals surface area (Å²) in [7, 11) is 0. The smallest absolute Gasteiger partial charge is 0.152 e. The number of aromatic nitrogens is 3. The van der Waals surface area contributed by atoms with Gasteiger partial charge in [0.2, 0.25) is 0 Å². The summed E-state index contributed by atoms with van der Waals surface area (Å²) in [5, 5.41) is 0.423. The molecule has 7 heteroatoms. The van der Waals surface area contributed by atoms with Crippen LogP contribution in [0.15, 0.2) is 67.0 Å². The van der Waals surface area contributed by atoms with Gasteiger partial charge in [0, 0.05) is 47.7 Å². The van der Waals surface area contributed by atoms with Crippen LogP contribution in [-0.2, 0) is 4.74 Å². The van der Waals surface area contributed by atoms with Gasteiger partial charge in [-0.15, -0.1) is 0 Å². The van der Waals surface area contributed by atoms with Crippen molar-refractivity contribution in [3.05, 3.63) is 84.3 Å². The molecule has 0 unspecified atom stereocenters. The molecular weight excluding hydrogens is 458 g/mol. The Morgan fingerprint density at radius 2 is 1.67 bits per heavy atom.